The number of hydrogen-bond donors (Lipinski definition) is 1. The number of pyridine rings is 1. The van der Waals surface area contributed by atoms with Crippen molar-refractivity contribution in [2.24, 2.45) is 5.41 Å². The van der Waals surface area contributed by atoms with Crippen LogP contribution >= 0.6 is 12.2 Å². The molecule has 0 saturated carbocycles. The fourth-order valence-corrected chi connectivity index (χ4v) is 7.75. The largest absolute Gasteiger partial charge is 0.494 e. The van der Waals surface area contributed by atoms with E-state index in [0.717, 1.165) is 35.8 Å². The lowest BCUT2D eigenvalue weighted by Crippen LogP contribution is -2.55. The number of anilines is 2. The predicted octanol–water partition coefficient (Wildman–Crippen LogP) is 7.54. The maximum atomic E-state index is 15.3. The van der Waals surface area contributed by atoms with Gasteiger partial charge in [-0.2, -0.15) is 18.4 Å². The Hall–Kier alpha value is -5.74. The van der Waals surface area contributed by atoms with Crippen LogP contribution < -0.4 is 24.6 Å². The molecule has 2 unspecified atom stereocenters. The number of benzene rings is 2. The first-order chi connectivity index (χ1) is 29.7. The zero-order chi connectivity index (χ0) is 46.3. The Morgan fingerprint density at radius 2 is 1.68 bits per heavy atom. The van der Waals surface area contributed by atoms with Gasteiger partial charge in [-0.25, -0.2) is 13.8 Å². The fourth-order valence-electron chi connectivity index (χ4n) is 7.24. The Balaban J connectivity index is 1.00. The third-order valence-electron chi connectivity index (χ3n) is 10.6. The number of carbonyl (C=O) groups excluding carboxylic acids is 4. The van der Waals surface area contributed by atoms with Gasteiger partial charge in [-0.15, -0.1) is 0 Å². The lowest BCUT2D eigenvalue weighted by Gasteiger charge is -2.34. The number of likely N-dealkylation sites (tertiary alicyclic amines) is 1. The summed E-state index contributed by atoms with van der Waals surface area (Å²) < 4.78 is 88.5. The molecule has 3 aromatic rings. The SMILES string of the molecule is CC(C)(C)C(NC(=O)c1ccc(OCCCOCCCCCOc2ncc(N3C(=S)N(c4ccc(C#N)c(C(F)(F)F)c4F)C(=O)C3(C)C)cc2F)cc1)C(=O)N1CCCC1C=O. The molecule has 5 rings (SSSR count). The summed E-state index contributed by atoms with van der Waals surface area (Å²) in [5.41, 5.74) is -5.43. The maximum Gasteiger partial charge on any atom is 0.420 e. The van der Waals surface area contributed by atoms with Crippen molar-refractivity contribution in [3.63, 3.8) is 0 Å². The minimum absolute atomic E-state index is 0.0231. The molecule has 13 nitrogen and oxygen atoms in total. The van der Waals surface area contributed by atoms with Crippen molar-refractivity contribution in [1.29, 1.82) is 5.26 Å². The lowest BCUT2D eigenvalue weighted by atomic mass is 9.85. The molecule has 3 amide bonds. The number of halogens is 5. The van der Waals surface area contributed by atoms with Gasteiger partial charge < -0.3 is 34.1 Å². The molecule has 0 radical (unpaired) electrons. The van der Waals surface area contributed by atoms with E-state index in [1.807, 2.05) is 20.8 Å². The first-order valence-electron chi connectivity index (χ1n) is 20.4. The van der Waals surface area contributed by atoms with Gasteiger partial charge in [-0.1, -0.05) is 20.8 Å². The van der Waals surface area contributed by atoms with Crippen molar-refractivity contribution < 1.29 is 55.3 Å². The molecule has 2 fully saturated rings. The molecule has 338 valence electrons. The molecular weight excluding hydrogens is 852 g/mol. The highest BCUT2D eigenvalue weighted by Crippen LogP contribution is 2.42. The number of nitrogens with zero attached hydrogens (tertiary/aromatic N) is 5. The van der Waals surface area contributed by atoms with Crippen LogP contribution in [0.5, 0.6) is 11.6 Å². The fraction of sp³-hybridized carbons (Fsp3) is 0.477. The summed E-state index contributed by atoms with van der Waals surface area (Å²) in [7, 11) is 0. The van der Waals surface area contributed by atoms with E-state index in [1.165, 1.54) is 26.1 Å². The smallest absolute Gasteiger partial charge is 0.420 e. The summed E-state index contributed by atoms with van der Waals surface area (Å²) in [5.74, 6) is -4.05. The maximum absolute atomic E-state index is 15.3. The van der Waals surface area contributed by atoms with Crippen molar-refractivity contribution in [2.45, 2.75) is 96.9 Å². The standard InChI is InChI=1S/C44H49F5N6O7S/c1-42(2,3)36(39(58)53-18-9-11-29(53)26-56)52-37(57)27-12-15-31(16-13-27)61-22-10-20-60-19-7-6-8-21-62-38-32(45)23-30(25-51-38)55-41(63)54(40(59)43(55,4)5)33-17-14-28(24-50)34(35(33)46)44(47,48)49/h12-17,23,25-26,29,36H,6-11,18-22H2,1-5H3,(H,52,57). The van der Waals surface area contributed by atoms with Gasteiger partial charge in [0.15, 0.2) is 16.7 Å². The number of rotatable bonds is 18. The second-order valence-electron chi connectivity index (χ2n) is 16.6. The third-order valence-corrected chi connectivity index (χ3v) is 11.0. The predicted molar refractivity (Wildman–Crippen MR) is 225 cm³/mol. The zero-order valence-corrected chi connectivity index (χ0v) is 36.3. The molecule has 1 aromatic heterocycles. The van der Waals surface area contributed by atoms with E-state index < -0.39 is 74.6 Å². The van der Waals surface area contributed by atoms with Crippen LogP contribution in [0, 0.1) is 28.4 Å². The minimum atomic E-state index is -5.23. The van der Waals surface area contributed by atoms with Crippen molar-refractivity contribution in [2.75, 3.05) is 42.8 Å². The number of ether oxygens (including phenoxy) is 3. The van der Waals surface area contributed by atoms with E-state index in [0.29, 0.717) is 74.7 Å². The van der Waals surface area contributed by atoms with Crippen molar-refractivity contribution in [3.8, 4) is 17.7 Å². The molecule has 19 heteroatoms. The van der Waals surface area contributed by atoms with Gasteiger partial charge in [0.2, 0.25) is 5.91 Å². The summed E-state index contributed by atoms with van der Waals surface area (Å²) in [4.78, 5) is 58.6. The summed E-state index contributed by atoms with van der Waals surface area (Å²) in [5, 5.41) is 11.6. The summed E-state index contributed by atoms with van der Waals surface area (Å²) in [6.45, 7) is 10.3. The van der Waals surface area contributed by atoms with Crippen LogP contribution in [-0.2, 0) is 25.3 Å². The van der Waals surface area contributed by atoms with Gasteiger partial charge in [0.25, 0.3) is 17.7 Å². The topological polar surface area (TPSA) is 154 Å². The average molecular weight is 901 g/mol. The number of aromatic nitrogens is 1. The van der Waals surface area contributed by atoms with Crippen LogP contribution in [0.25, 0.3) is 0 Å². The van der Waals surface area contributed by atoms with E-state index in [2.05, 4.69) is 10.3 Å². The van der Waals surface area contributed by atoms with E-state index in [4.69, 9.17) is 31.7 Å². The molecule has 2 saturated heterocycles. The quantitative estimate of drug-likeness (QED) is 0.0583. The highest BCUT2D eigenvalue weighted by Gasteiger charge is 2.52. The molecule has 0 aliphatic carbocycles. The van der Waals surface area contributed by atoms with Crippen LogP contribution in [0.2, 0.25) is 0 Å². The van der Waals surface area contributed by atoms with Gasteiger partial charge in [-0.05, 0) is 100.0 Å². The molecular formula is C44H49F5N6O7S. The van der Waals surface area contributed by atoms with Crippen LogP contribution in [0.1, 0.15) is 94.6 Å². The van der Waals surface area contributed by atoms with E-state index >= 15 is 8.78 Å². The monoisotopic (exact) mass is 900 g/mol. The molecule has 0 spiro atoms. The van der Waals surface area contributed by atoms with Crippen LogP contribution in [-0.4, -0.2) is 89.6 Å². The van der Waals surface area contributed by atoms with Gasteiger partial charge in [-0.3, -0.25) is 19.3 Å². The first kappa shape index (κ1) is 48.3. The molecule has 1 N–H and O–H groups in total. The number of aldehydes is 1. The Morgan fingerprint density at radius 3 is 2.32 bits per heavy atom. The zero-order valence-electron chi connectivity index (χ0n) is 35.5. The average Bonchev–Trinajstić information content (AvgIpc) is 3.77. The van der Waals surface area contributed by atoms with E-state index in [1.54, 1.807) is 29.2 Å². The lowest BCUT2D eigenvalue weighted by molar-refractivity contribution is -0.140. The molecule has 3 heterocycles. The summed E-state index contributed by atoms with van der Waals surface area (Å²) in [6, 6.07) is 9.22. The highest BCUT2D eigenvalue weighted by molar-refractivity contribution is 7.81. The third kappa shape index (κ3) is 11.1. The number of alkyl halides is 3. The number of carbonyl (C=O) groups is 4. The Kier molecular flexibility index (Phi) is 15.5. The van der Waals surface area contributed by atoms with Gasteiger partial charge in [0.1, 0.15) is 29.2 Å². The molecule has 2 aliphatic rings. The Bertz CT molecular complexity index is 2230. The highest BCUT2D eigenvalue weighted by atomic mass is 32.1. The second kappa shape index (κ2) is 20.2. The first-order valence-corrected chi connectivity index (χ1v) is 20.8. The second-order valence-corrected chi connectivity index (χ2v) is 17.0. The number of unbranched alkanes of at least 4 members (excludes halogenated alkanes) is 2. The molecule has 0 bridgehead atoms. The van der Waals surface area contributed by atoms with E-state index in [-0.39, 0.29) is 24.1 Å². The number of thiocarbonyl (C=S) groups is 1. The Labute approximate surface area is 367 Å². The van der Waals surface area contributed by atoms with Crippen LogP contribution in [0.3, 0.4) is 0 Å². The molecule has 2 aliphatic heterocycles. The number of hydrogen-bond acceptors (Lipinski definition) is 10. The summed E-state index contributed by atoms with van der Waals surface area (Å²) in [6.07, 6.45) is 0.654. The normalized spacial score (nSPS) is 16.8. The molecule has 2 aromatic carbocycles. The van der Waals surface area contributed by atoms with Gasteiger partial charge in [0.05, 0.1) is 48.5 Å². The van der Waals surface area contributed by atoms with Gasteiger partial charge in [0, 0.05) is 37.8 Å². The van der Waals surface area contributed by atoms with Crippen molar-refractivity contribution >= 4 is 52.7 Å². The van der Waals surface area contributed by atoms with Gasteiger partial charge >= 0.3 is 6.18 Å². The minimum Gasteiger partial charge on any atom is -0.494 e. The number of nitriles is 1. The van der Waals surface area contributed by atoms with E-state index in [9.17, 15) is 32.3 Å². The van der Waals surface area contributed by atoms with Crippen molar-refractivity contribution in [3.05, 3.63) is 77.0 Å². The number of amides is 3. The Morgan fingerprint density at radius 1 is 1.02 bits per heavy atom. The number of nitrogens with one attached hydrogen (secondary N) is 1. The molecule has 63 heavy (non-hydrogen) atoms. The summed E-state index contributed by atoms with van der Waals surface area (Å²) >= 11 is 5.40. The van der Waals surface area contributed by atoms with Crippen LogP contribution in [0.15, 0.2) is 48.7 Å². The van der Waals surface area contributed by atoms with Crippen molar-refractivity contribution in [1.82, 2.24) is 15.2 Å². The molecule has 2 atom stereocenters. The van der Waals surface area contributed by atoms with Crippen LogP contribution in [0.4, 0.5) is 33.3 Å².